The van der Waals surface area contributed by atoms with Gasteiger partial charge < -0.3 is 14.6 Å². The van der Waals surface area contributed by atoms with Gasteiger partial charge in [-0.25, -0.2) is 0 Å². The highest BCUT2D eigenvalue weighted by atomic mass is 16.5. The second-order valence-electron chi connectivity index (χ2n) is 4.90. The van der Waals surface area contributed by atoms with Crippen LogP contribution in [0.5, 0.6) is 5.75 Å². The minimum atomic E-state index is -1.08. The summed E-state index contributed by atoms with van der Waals surface area (Å²) in [5.41, 5.74) is 1.10. The van der Waals surface area contributed by atoms with Crippen molar-refractivity contribution in [2.75, 3.05) is 7.11 Å². The molecule has 6 heteroatoms. The number of rotatable bonds is 6. The van der Waals surface area contributed by atoms with Crippen molar-refractivity contribution < 1.29 is 29.0 Å². The number of carbonyl (C=O) groups excluding carboxylic acids is 2. The molecule has 1 unspecified atom stereocenters. The van der Waals surface area contributed by atoms with Gasteiger partial charge in [0.1, 0.15) is 11.9 Å². The number of carboxylic acid groups (broad SMARTS) is 1. The third-order valence-electron chi connectivity index (χ3n) is 3.25. The molecule has 0 aromatic heterocycles. The molecule has 1 aromatic carbocycles. The van der Waals surface area contributed by atoms with Crippen LogP contribution in [0, 0.1) is 0 Å². The summed E-state index contributed by atoms with van der Waals surface area (Å²) in [6, 6.07) is 7.07. The Morgan fingerprint density at radius 3 is 2.52 bits per heavy atom. The highest BCUT2D eigenvalue weighted by Gasteiger charge is 2.26. The SMILES string of the molecule is COc1ccc(/C=C2\C(=O)C=CC2OC(=O)CCC(=O)O)cc1. The summed E-state index contributed by atoms with van der Waals surface area (Å²) in [7, 11) is 1.56. The van der Waals surface area contributed by atoms with Gasteiger partial charge in [-0.1, -0.05) is 12.1 Å². The minimum absolute atomic E-state index is 0.232. The van der Waals surface area contributed by atoms with E-state index in [2.05, 4.69) is 0 Å². The first-order chi connectivity index (χ1) is 11.0. The first kappa shape index (κ1) is 16.5. The van der Waals surface area contributed by atoms with E-state index < -0.39 is 18.0 Å². The average Bonchev–Trinajstić information content (AvgIpc) is 2.87. The largest absolute Gasteiger partial charge is 0.497 e. The van der Waals surface area contributed by atoms with Crippen molar-refractivity contribution in [3.63, 3.8) is 0 Å². The number of methoxy groups -OCH3 is 1. The molecule has 0 aliphatic heterocycles. The van der Waals surface area contributed by atoms with E-state index >= 15 is 0 Å². The van der Waals surface area contributed by atoms with Crippen LogP contribution >= 0.6 is 0 Å². The first-order valence-electron chi connectivity index (χ1n) is 6.99. The fourth-order valence-electron chi connectivity index (χ4n) is 2.06. The zero-order valence-electron chi connectivity index (χ0n) is 12.5. The maximum Gasteiger partial charge on any atom is 0.307 e. The lowest BCUT2D eigenvalue weighted by Crippen LogP contribution is -2.18. The van der Waals surface area contributed by atoms with Crippen LogP contribution in [-0.2, 0) is 19.1 Å². The summed E-state index contributed by atoms with van der Waals surface area (Å²) >= 11 is 0. The predicted octanol–water partition coefficient (Wildman–Crippen LogP) is 1.99. The van der Waals surface area contributed by atoms with Crippen LogP contribution in [0.15, 0.2) is 42.0 Å². The summed E-state index contributed by atoms with van der Waals surface area (Å²) in [4.78, 5) is 34.0. The van der Waals surface area contributed by atoms with Gasteiger partial charge in [-0.3, -0.25) is 14.4 Å². The highest BCUT2D eigenvalue weighted by Crippen LogP contribution is 2.22. The average molecular weight is 316 g/mol. The molecule has 0 heterocycles. The Balaban J connectivity index is 2.08. The van der Waals surface area contributed by atoms with Crippen molar-refractivity contribution >= 4 is 23.8 Å². The molecule has 0 amide bonds. The summed E-state index contributed by atoms with van der Waals surface area (Å²) in [5, 5.41) is 8.56. The lowest BCUT2D eigenvalue weighted by molar-refractivity contribution is -0.149. The van der Waals surface area contributed by atoms with Crippen molar-refractivity contribution in [1.29, 1.82) is 0 Å². The van der Waals surface area contributed by atoms with E-state index in [-0.39, 0.29) is 18.6 Å². The van der Waals surface area contributed by atoms with Crippen LogP contribution in [0.4, 0.5) is 0 Å². The Kier molecular flexibility index (Phi) is 5.30. The third-order valence-corrected chi connectivity index (χ3v) is 3.25. The van der Waals surface area contributed by atoms with Gasteiger partial charge in [0.2, 0.25) is 0 Å². The Bertz CT molecular complexity index is 669. The number of ether oxygens (including phenoxy) is 2. The van der Waals surface area contributed by atoms with E-state index in [1.165, 1.54) is 12.2 Å². The molecule has 1 aliphatic carbocycles. The van der Waals surface area contributed by atoms with Gasteiger partial charge in [0, 0.05) is 5.57 Å². The van der Waals surface area contributed by atoms with Crippen molar-refractivity contribution in [3.8, 4) is 5.75 Å². The number of hydrogen-bond donors (Lipinski definition) is 1. The third kappa shape index (κ3) is 4.54. The molecule has 1 N–H and O–H groups in total. The number of carboxylic acids is 1. The number of aliphatic carboxylic acids is 1. The topological polar surface area (TPSA) is 89.9 Å². The van der Waals surface area contributed by atoms with Crippen molar-refractivity contribution in [1.82, 2.24) is 0 Å². The predicted molar refractivity (Wildman–Crippen MR) is 81.9 cm³/mol. The lowest BCUT2D eigenvalue weighted by atomic mass is 10.1. The van der Waals surface area contributed by atoms with Gasteiger partial charge in [0.05, 0.1) is 20.0 Å². The van der Waals surface area contributed by atoms with Gasteiger partial charge in [-0.05, 0) is 35.9 Å². The monoisotopic (exact) mass is 316 g/mol. The molecular weight excluding hydrogens is 300 g/mol. The normalized spacial score (nSPS) is 18.2. The molecular formula is C17H16O6. The standard InChI is InChI=1S/C17H16O6/c1-22-12-4-2-11(3-5-12)10-13-14(18)6-7-15(13)23-17(21)9-8-16(19)20/h2-7,10,15H,8-9H2,1H3,(H,19,20)/b13-10+. The second kappa shape index (κ2) is 7.40. The van der Waals surface area contributed by atoms with Crippen LogP contribution in [-0.4, -0.2) is 36.0 Å². The Hall–Kier alpha value is -2.89. The maximum atomic E-state index is 11.9. The molecule has 0 saturated heterocycles. The molecule has 0 bridgehead atoms. The molecule has 0 radical (unpaired) electrons. The number of allylic oxidation sites excluding steroid dienone is 1. The Morgan fingerprint density at radius 2 is 1.91 bits per heavy atom. The molecule has 2 rings (SSSR count). The molecule has 0 spiro atoms. The van der Waals surface area contributed by atoms with E-state index in [1.807, 2.05) is 0 Å². The molecule has 0 saturated carbocycles. The molecule has 23 heavy (non-hydrogen) atoms. The summed E-state index contributed by atoms with van der Waals surface area (Å²) in [6.45, 7) is 0. The molecule has 0 fully saturated rings. The van der Waals surface area contributed by atoms with Gasteiger partial charge in [-0.2, -0.15) is 0 Å². The first-order valence-corrected chi connectivity index (χ1v) is 6.99. The Labute approximate surface area is 133 Å². The summed E-state index contributed by atoms with van der Waals surface area (Å²) in [5.74, 6) is -1.28. The number of hydrogen-bond acceptors (Lipinski definition) is 5. The molecule has 1 atom stereocenters. The van der Waals surface area contributed by atoms with Crippen LogP contribution in [0.1, 0.15) is 18.4 Å². The fourth-order valence-corrected chi connectivity index (χ4v) is 2.06. The number of benzene rings is 1. The Morgan fingerprint density at radius 1 is 1.22 bits per heavy atom. The molecule has 120 valence electrons. The van der Waals surface area contributed by atoms with Gasteiger partial charge in [0.25, 0.3) is 0 Å². The quantitative estimate of drug-likeness (QED) is 0.637. The molecule has 1 aromatic rings. The van der Waals surface area contributed by atoms with E-state index in [0.29, 0.717) is 11.3 Å². The lowest BCUT2D eigenvalue weighted by Gasteiger charge is -2.12. The van der Waals surface area contributed by atoms with E-state index in [9.17, 15) is 14.4 Å². The van der Waals surface area contributed by atoms with E-state index in [0.717, 1.165) is 5.56 Å². The van der Waals surface area contributed by atoms with Gasteiger partial charge in [0.15, 0.2) is 5.78 Å². The van der Waals surface area contributed by atoms with E-state index in [1.54, 1.807) is 37.5 Å². The minimum Gasteiger partial charge on any atom is -0.497 e. The van der Waals surface area contributed by atoms with Crippen LogP contribution in [0.25, 0.3) is 6.08 Å². The summed E-state index contributed by atoms with van der Waals surface area (Å²) < 4.78 is 10.2. The van der Waals surface area contributed by atoms with Gasteiger partial charge in [-0.15, -0.1) is 0 Å². The summed E-state index contributed by atoms with van der Waals surface area (Å²) in [6.07, 6.45) is 3.13. The zero-order valence-corrected chi connectivity index (χ0v) is 12.5. The van der Waals surface area contributed by atoms with Gasteiger partial charge >= 0.3 is 11.9 Å². The second-order valence-corrected chi connectivity index (χ2v) is 4.90. The smallest absolute Gasteiger partial charge is 0.307 e. The van der Waals surface area contributed by atoms with Crippen LogP contribution in [0.2, 0.25) is 0 Å². The zero-order chi connectivity index (χ0) is 16.8. The van der Waals surface area contributed by atoms with Crippen LogP contribution in [0.3, 0.4) is 0 Å². The van der Waals surface area contributed by atoms with E-state index in [4.69, 9.17) is 14.6 Å². The fraction of sp³-hybridized carbons (Fsp3) is 0.235. The number of carbonyl (C=O) groups is 3. The maximum absolute atomic E-state index is 11.9. The highest BCUT2D eigenvalue weighted by molar-refractivity contribution is 6.11. The molecule has 1 aliphatic rings. The number of esters is 1. The molecule has 6 nitrogen and oxygen atoms in total. The van der Waals surface area contributed by atoms with Crippen LogP contribution < -0.4 is 4.74 Å². The van der Waals surface area contributed by atoms with Crippen molar-refractivity contribution in [2.24, 2.45) is 0 Å². The van der Waals surface area contributed by atoms with Crippen molar-refractivity contribution in [2.45, 2.75) is 18.9 Å². The van der Waals surface area contributed by atoms with Crippen molar-refractivity contribution in [3.05, 3.63) is 47.6 Å². The number of ketones is 1.